The Bertz CT molecular complexity index is 1830. The Morgan fingerprint density at radius 3 is 2.53 bits per heavy atom. The maximum absolute atomic E-state index is 9.93. The first-order chi connectivity index (χ1) is 20.9. The molecular formula is C32H32ClN7O2S. The Balaban J connectivity index is 1.28. The molecule has 0 atom stereocenters. The highest BCUT2D eigenvalue weighted by Crippen LogP contribution is 2.41. The molecule has 220 valence electrons. The van der Waals surface area contributed by atoms with Gasteiger partial charge in [0.15, 0.2) is 16.7 Å². The first kappa shape index (κ1) is 29.1. The van der Waals surface area contributed by atoms with Crippen molar-refractivity contribution in [1.82, 2.24) is 24.3 Å². The van der Waals surface area contributed by atoms with Gasteiger partial charge in [0.05, 0.1) is 28.9 Å². The maximum Gasteiger partial charge on any atom is 0.172 e. The largest absolute Gasteiger partial charge is 0.492 e. The number of nitrogens with one attached hydrogen (secondary N) is 1. The quantitative estimate of drug-likeness (QED) is 0.196. The van der Waals surface area contributed by atoms with Gasteiger partial charge in [0, 0.05) is 85.1 Å². The molecule has 0 unspecified atom stereocenters. The first-order valence-electron chi connectivity index (χ1n) is 14.0. The number of ether oxygens (including phenoxy) is 2. The molecule has 1 aliphatic rings. The second kappa shape index (κ2) is 12.7. The fourth-order valence-corrected chi connectivity index (χ4v) is 6.38. The van der Waals surface area contributed by atoms with Crippen molar-refractivity contribution in [3.8, 4) is 17.6 Å². The van der Waals surface area contributed by atoms with E-state index < -0.39 is 0 Å². The van der Waals surface area contributed by atoms with Gasteiger partial charge in [-0.25, -0.2) is 4.98 Å². The van der Waals surface area contributed by atoms with Gasteiger partial charge in [-0.15, -0.1) is 0 Å². The van der Waals surface area contributed by atoms with E-state index >= 15 is 0 Å². The Kier molecular flexibility index (Phi) is 8.58. The van der Waals surface area contributed by atoms with E-state index in [0.717, 1.165) is 70.1 Å². The molecule has 0 spiro atoms. The summed E-state index contributed by atoms with van der Waals surface area (Å²) < 4.78 is 14.0. The molecule has 5 aromatic rings. The minimum Gasteiger partial charge on any atom is -0.492 e. The van der Waals surface area contributed by atoms with Crippen LogP contribution in [-0.4, -0.2) is 77.8 Å². The highest BCUT2D eigenvalue weighted by atomic mass is 35.5. The number of likely N-dealkylation sites (N-methyl/N-ethyl adjacent to an activating group) is 1. The summed E-state index contributed by atoms with van der Waals surface area (Å²) in [5.74, 6) is 1.37. The van der Waals surface area contributed by atoms with E-state index in [2.05, 4.69) is 33.2 Å². The number of fused-ring (bicyclic) bond motifs is 3. The summed E-state index contributed by atoms with van der Waals surface area (Å²) in [5.41, 5.74) is 2.63. The summed E-state index contributed by atoms with van der Waals surface area (Å²) >= 11 is 8.16. The number of rotatable bonds is 9. The third kappa shape index (κ3) is 6.08. The molecule has 0 bridgehead atoms. The van der Waals surface area contributed by atoms with E-state index in [1.807, 2.05) is 60.3 Å². The molecule has 1 saturated heterocycles. The van der Waals surface area contributed by atoms with E-state index in [1.54, 1.807) is 19.5 Å². The minimum atomic E-state index is 0.435. The normalized spacial score (nSPS) is 14.2. The summed E-state index contributed by atoms with van der Waals surface area (Å²) in [5, 5.41) is 17.4. The summed E-state index contributed by atoms with van der Waals surface area (Å²) in [6, 6.07) is 15.9. The zero-order valence-electron chi connectivity index (χ0n) is 24.3. The fourth-order valence-electron chi connectivity index (χ4n) is 5.28. The van der Waals surface area contributed by atoms with Gasteiger partial charge >= 0.3 is 0 Å². The molecule has 1 aliphatic heterocycles. The molecule has 2 aromatic heterocycles. The molecule has 43 heavy (non-hydrogen) atoms. The van der Waals surface area contributed by atoms with Crippen LogP contribution in [0.1, 0.15) is 5.56 Å². The van der Waals surface area contributed by atoms with E-state index in [-0.39, 0.29) is 0 Å². The van der Waals surface area contributed by atoms with E-state index in [4.69, 9.17) is 26.1 Å². The summed E-state index contributed by atoms with van der Waals surface area (Å²) in [4.78, 5) is 14.7. The van der Waals surface area contributed by atoms with Crippen molar-refractivity contribution >= 4 is 56.4 Å². The topological polar surface area (TPSA) is 91.5 Å². The summed E-state index contributed by atoms with van der Waals surface area (Å²) in [6.07, 6.45) is 5.25. The van der Waals surface area contributed by atoms with Gasteiger partial charge in [-0.2, -0.15) is 5.26 Å². The van der Waals surface area contributed by atoms with Gasteiger partial charge < -0.3 is 24.3 Å². The van der Waals surface area contributed by atoms with E-state index in [0.29, 0.717) is 34.4 Å². The van der Waals surface area contributed by atoms with E-state index in [9.17, 15) is 5.26 Å². The Morgan fingerprint density at radius 1 is 1.02 bits per heavy atom. The number of nitrogens with zero attached hydrogens (tertiary/aromatic N) is 6. The number of aromatic nitrogens is 3. The smallest absolute Gasteiger partial charge is 0.172 e. The molecular weight excluding hydrogens is 582 g/mol. The number of halogens is 1. The molecule has 0 radical (unpaired) electrons. The third-order valence-corrected chi connectivity index (χ3v) is 9.29. The molecule has 3 heterocycles. The van der Waals surface area contributed by atoms with Crippen molar-refractivity contribution in [2.45, 2.75) is 10.1 Å². The average molecular weight is 614 g/mol. The number of benzene rings is 3. The van der Waals surface area contributed by atoms with Crippen LogP contribution < -0.4 is 14.8 Å². The van der Waals surface area contributed by atoms with Crippen LogP contribution in [0.5, 0.6) is 11.5 Å². The minimum absolute atomic E-state index is 0.435. The van der Waals surface area contributed by atoms with Crippen molar-refractivity contribution in [1.29, 1.82) is 5.26 Å². The number of hydrogen-bond acceptors (Lipinski definition) is 9. The number of anilines is 2. The van der Waals surface area contributed by atoms with E-state index in [1.165, 1.54) is 11.8 Å². The van der Waals surface area contributed by atoms with Gasteiger partial charge in [0.1, 0.15) is 12.7 Å². The molecule has 0 amide bonds. The second-order valence-electron chi connectivity index (χ2n) is 10.5. The van der Waals surface area contributed by atoms with Crippen LogP contribution in [0.2, 0.25) is 5.02 Å². The number of piperazine rings is 1. The molecule has 11 heteroatoms. The van der Waals surface area contributed by atoms with Crippen molar-refractivity contribution < 1.29 is 9.47 Å². The van der Waals surface area contributed by atoms with Crippen LogP contribution in [-0.2, 0) is 7.05 Å². The number of nitriles is 1. The number of methoxy groups -OCH3 is 1. The van der Waals surface area contributed by atoms with Crippen LogP contribution in [0.25, 0.3) is 21.7 Å². The lowest BCUT2D eigenvalue weighted by Gasteiger charge is -2.32. The molecule has 3 aromatic carbocycles. The summed E-state index contributed by atoms with van der Waals surface area (Å²) in [7, 11) is 5.76. The van der Waals surface area contributed by atoms with Crippen LogP contribution in [0.3, 0.4) is 0 Å². The predicted molar refractivity (Wildman–Crippen MR) is 172 cm³/mol. The molecule has 1 N–H and O–H groups in total. The lowest BCUT2D eigenvalue weighted by molar-refractivity contribution is 0.133. The molecule has 1 fully saturated rings. The number of imidazole rings is 1. The average Bonchev–Trinajstić information content (AvgIpc) is 3.43. The molecule has 6 rings (SSSR count). The van der Waals surface area contributed by atoms with Crippen molar-refractivity contribution in [3.63, 3.8) is 0 Å². The van der Waals surface area contributed by atoms with Gasteiger partial charge in [-0.05, 0) is 49.5 Å². The fraction of sp³-hybridized carbons (Fsp3) is 0.281. The molecule has 9 nitrogen and oxygen atoms in total. The van der Waals surface area contributed by atoms with Crippen LogP contribution in [0.4, 0.5) is 11.4 Å². The Hall–Kier alpha value is -4.01. The Morgan fingerprint density at radius 2 is 1.81 bits per heavy atom. The lowest BCUT2D eigenvalue weighted by atomic mass is 10.0. The van der Waals surface area contributed by atoms with Crippen LogP contribution in [0.15, 0.2) is 71.1 Å². The van der Waals surface area contributed by atoms with Crippen LogP contribution in [0, 0.1) is 11.3 Å². The summed E-state index contributed by atoms with van der Waals surface area (Å²) in [6.45, 7) is 5.70. The van der Waals surface area contributed by atoms with Crippen LogP contribution >= 0.6 is 23.4 Å². The SMILES string of the molecule is COc1c(OCCN2CCN(C)CC2)ccc2c1ccc1c(Nc3ccc(Sc4nccn4C)c(Cl)c3)c(C#N)cnc12. The first-order valence-corrected chi connectivity index (χ1v) is 15.2. The lowest BCUT2D eigenvalue weighted by Crippen LogP contribution is -2.45. The zero-order valence-corrected chi connectivity index (χ0v) is 25.9. The molecule has 0 aliphatic carbocycles. The van der Waals surface area contributed by atoms with Gasteiger partial charge in [-0.3, -0.25) is 9.88 Å². The van der Waals surface area contributed by atoms with Crippen molar-refractivity contribution in [2.24, 2.45) is 7.05 Å². The highest BCUT2D eigenvalue weighted by Gasteiger charge is 2.18. The van der Waals surface area contributed by atoms with Crippen molar-refractivity contribution in [3.05, 3.63) is 71.6 Å². The predicted octanol–water partition coefficient (Wildman–Crippen LogP) is 6.18. The standard InChI is InChI=1S/C32H32ClN7O2S/c1-38-12-14-40(15-13-38)16-17-42-27-8-7-23-24(31(27)41-3)5-6-25-29(21(19-34)20-36-30(23)25)37-22-4-9-28(26(33)18-22)43-32-35-10-11-39(32)2/h4-11,18,20H,12-17H2,1-3H3,(H,36,37). The number of aryl methyl sites for hydroxylation is 1. The Labute approximate surface area is 260 Å². The van der Waals surface area contributed by atoms with Gasteiger partial charge in [0.25, 0.3) is 0 Å². The van der Waals surface area contributed by atoms with Gasteiger partial charge in [0.2, 0.25) is 0 Å². The van der Waals surface area contributed by atoms with Crippen molar-refractivity contribution in [2.75, 3.05) is 58.8 Å². The second-order valence-corrected chi connectivity index (χ2v) is 11.9. The number of pyridine rings is 1. The number of hydrogen-bond donors (Lipinski definition) is 1. The van der Waals surface area contributed by atoms with Gasteiger partial charge in [-0.1, -0.05) is 23.4 Å². The molecule has 0 saturated carbocycles. The third-order valence-electron chi connectivity index (χ3n) is 7.71. The zero-order chi connectivity index (χ0) is 29.9. The highest BCUT2D eigenvalue weighted by molar-refractivity contribution is 7.99. The monoisotopic (exact) mass is 613 g/mol. The maximum atomic E-state index is 9.93.